The van der Waals surface area contributed by atoms with E-state index in [-0.39, 0.29) is 5.92 Å². The highest BCUT2D eigenvalue weighted by atomic mass is 79.9. The van der Waals surface area contributed by atoms with Crippen LogP contribution in [0.15, 0.2) is 51.9 Å². The normalized spacial score (nSPS) is 11.0. The van der Waals surface area contributed by atoms with Crippen molar-refractivity contribution >= 4 is 38.5 Å². The van der Waals surface area contributed by atoms with Gasteiger partial charge < -0.3 is 10.2 Å². The molecule has 0 aliphatic carbocycles. The first-order valence-corrected chi connectivity index (χ1v) is 8.37. The van der Waals surface area contributed by atoms with Crippen molar-refractivity contribution in [2.75, 3.05) is 11.9 Å². The second-order valence-corrected chi connectivity index (χ2v) is 6.65. The number of halogens is 1. The molecule has 0 aliphatic rings. The average molecular weight is 389 g/mol. The summed E-state index contributed by atoms with van der Waals surface area (Å²) in [5.41, 5.74) is 0.773. The van der Waals surface area contributed by atoms with Gasteiger partial charge >= 0.3 is 5.69 Å². The van der Waals surface area contributed by atoms with Gasteiger partial charge in [0.05, 0.1) is 5.39 Å². The third-order valence-corrected chi connectivity index (χ3v) is 3.79. The van der Waals surface area contributed by atoms with Crippen LogP contribution in [-0.4, -0.2) is 21.3 Å². The van der Waals surface area contributed by atoms with E-state index in [1.165, 1.54) is 0 Å². The summed E-state index contributed by atoms with van der Waals surface area (Å²) in [6, 6.07) is 11.3. The van der Waals surface area contributed by atoms with Crippen LogP contribution in [0, 0.1) is 5.92 Å². The SMILES string of the molecule is CC(C)COn1c(=O)nc(Nc2ccc(Br)cc2)c2cccnc21. The molecule has 0 saturated carbocycles. The fourth-order valence-corrected chi connectivity index (χ4v) is 2.41. The summed E-state index contributed by atoms with van der Waals surface area (Å²) >= 11 is 3.40. The zero-order valence-corrected chi connectivity index (χ0v) is 14.9. The Kier molecular flexibility index (Phi) is 4.80. The number of rotatable bonds is 5. The monoisotopic (exact) mass is 388 g/mol. The number of nitrogens with one attached hydrogen (secondary N) is 1. The molecule has 0 aliphatic heterocycles. The molecule has 1 aromatic carbocycles. The molecule has 124 valence electrons. The minimum atomic E-state index is -0.499. The van der Waals surface area contributed by atoms with E-state index in [0.29, 0.717) is 23.5 Å². The average Bonchev–Trinajstić information content (AvgIpc) is 2.56. The molecule has 2 heterocycles. The Morgan fingerprint density at radius 1 is 1.25 bits per heavy atom. The standard InChI is InChI=1S/C17H17BrN4O2/c1-11(2)10-24-22-16-14(4-3-9-19-16)15(21-17(22)23)20-13-7-5-12(18)6-8-13/h3-9,11H,10H2,1-2H3,(H,20,21,23). The first-order chi connectivity index (χ1) is 11.5. The van der Waals surface area contributed by atoms with Gasteiger partial charge in [0.25, 0.3) is 0 Å². The van der Waals surface area contributed by atoms with Gasteiger partial charge in [0, 0.05) is 16.4 Å². The number of pyridine rings is 1. The molecule has 1 N–H and O–H groups in total. The topological polar surface area (TPSA) is 69.0 Å². The maximum Gasteiger partial charge on any atom is 0.384 e. The van der Waals surface area contributed by atoms with E-state index < -0.39 is 5.69 Å². The number of nitrogens with zero attached hydrogens (tertiary/aromatic N) is 3. The second kappa shape index (κ2) is 7.00. The van der Waals surface area contributed by atoms with Gasteiger partial charge in [-0.3, -0.25) is 0 Å². The van der Waals surface area contributed by atoms with Gasteiger partial charge in [0.2, 0.25) is 0 Å². The minimum absolute atomic E-state index is 0.288. The van der Waals surface area contributed by atoms with Crippen molar-refractivity contribution in [2.24, 2.45) is 5.92 Å². The Morgan fingerprint density at radius 2 is 2.00 bits per heavy atom. The van der Waals surface area contributed by atoms with Crippen LogP contribution in [0.3, 0.4) is 0 Å². The lowest BCUT2D eigenvalue weighted by Crippen LogP contribution is -2.32. The molecule has 6 nitrogen and oxygen atoms in total. The largest absolute Gasteiger partial charge is 0.407 e. The molecule has 24 heavy (non-hydrogen) atoms. The fourth-order valence-electron chi connectivity index (χ4n) is 2.14. The summed E-state index contributed by atoms with van der Waals surface area (Å²) in [5.74, 6) is 0.742. The van der Waals surface area contributed by atoms with Crippen molar-refractivity contribution in [3.05, 3.63) is 57.6 Å². The second-order valence-electron chi connectivity index (χ2n) is 5.73. The van der Waals surface area contributed by atoms with Crippen LogP contribution in [0.1, 0.15) is 13.8 Å². The van der Waals surface area contributed by atoms with Crippen LogP contribution in [-0.2, 0) is 0 Å². The van der Waals surface area contributed by atoms with E-state index in [4.69, 9.17) is 4.84 Å². The third kappa shape index (κ3) is 3.56. The van der Waals surface area contributed by atoms with Gasteiger partial charge in [0.15, 0.2) is 5.65 Å². The quantitative estimate of drug-likeness (QED) is 0.725. The summed E-state index contributed by atoms with van der Waals surface area (Å²) in [4.78, 5) is 26.3. The van der Waals surface area contributed by atoms with Crippen molar-refractivity contribution in [3.8, 4) is 0 Å². The van der Waals surface area contributed by atoms with Crippen molar-refractivity contribution in [1.82, 2.24) is 14.7 Å². The van der Waals surface area contributed by atoms with Crippen LogP contribution in [0.4, 0.5) is 11.5 Å². The lowest BCUT2D eigenvalue weighted by Gasteiger charge is -2.14. The highest BCUT2D eigenvalue weighted by molar-refractivity contribution is 9.10. The first kappa shape index (κ1) is 16.4. The molecule has 3 aromatic rings. The summed E-state index contributed by atoms with van der Waals surface area (Å²) in [7, 11) is 0. The van der Waals surface area contributed by atoms with Gasteiger partial charge in [-0.1, -0.05) is 29.8 Å². The minimum Gasteiger partial charge on any atom is -0.407 e. The Labute approximate surface area is 147 Å². The van der Waals surface area contributed by atoms with E-state index in [1.54, 1.807) is 12.3 Å². The predicted molar refractivity (Wildman–Crippen MR) is 97.5 cm³/mol. The van der Waals surface area contributed by atoms with E-state index in [2.05, 4.69) is 31.2 Å². The lowest BCUT2D eigenvalue weighted by atomic mass is 10.2. The van der Waals surface area contributed by atoms with Crippen LogP contribution in [0.25, 0.3) is 11.0 Å². The van der Waals surface area contributed by atoms with Crippen LogP contribution in [0.5, 0.6) is 0 Å². The van der Waals surface area contributed by atoms with Crippen LogP contribution in [0.2, 0.25) is 0 Å². The van der Waals surface area contributed by atoms with Crippen LogP contribution < -0.4 is 15.8 Å². The maximum atomic E-state index is 12.4. The fraction of sp³-hybridized carbons (Fsp3) is 0.235. The zero-order chi connectivity index (χ0) is 17.1. The summed E-state index contributed by atoms with van der Waals surface area (Å²) in [6.07, 6.45) is 1.63. The summed E-state index contributed by atoms with van der Waals surface area (Å²) in [6.45, 7) is 4.43. The van der Waals surface area contributed by atoms with Crippen molar-refractivity contribution < 1.29 is 4.84 Å². The smallest absolute Gasteiger partial charge is 0.384 e. The van der Waals surface area contributed by atoms with Crippen molar-refractivity contribution in [1.29, 1.82) is 0 Å². The van der Waals surface area contributed by atoms with E-state index in [0.717, 1.165) is 14.9 Å². The molecule has 0 unspecified atom stereocenters. The lowest BCUT2D eigenvalue weighted by molar-refractivity contribution is 0.0869. The Balaban J connectivity index is 2.05. The number of benzene rings is 1. The molecular weight excluding hydrogens is 372 g/mol. The van der Waals surface area contributed by atoms with Gasteiger partial charge in [-0.15, -0.1) is 4.73 Å². The van der Waals surface area contributed by atoms with Crippen LogP contribution >= 0.6 is 15.9 Å². The molecule has 2 aromatic heterocycles. The highest BCUT2D eigenvalue weighted by Gasteiger charge is 2.13. The maximum absolute atomic E-state index is 12.4. The van der Waals surface area contributed by atoms with Crippen molar-refractivity contribution in [3.63, 3.8) is 0 Å². The van der Waals surface area contributed by atoms with E-state index in [9.17, 15) is 4.79 Å². The Morgan fingerprint density at radius 3 is 2.71 bits per heavy atom. The van der Waals surface area contributed by atoms with E-state index >= 15 is 0 Å². The molecule has 0 amide bonds. The van der Waals surface area contributed by atoms with E-state index in [1.807, 2.05) is 44.2 Å². The third-order valence-electron chi connectivity index (χ3n) is 3.26. The first-order valence-electron chi connectivity index (χ1n) is 7.58. The summed E-state index contributed by atoms with van der Waals surface area (Å²) < 4.78 is 2.13. The molecule has 0 fully saturated rings. The highest BCUT2D eigenvalue weighted by Crippen LogP contribution is 2.22. The Hall–Kier alpha value is -2.41. The molecule has 0 spiro atoms. The Bertz CT molecular complexity index is 907. The molecule has 0 atom stereocenters. The molecule has 7 heteroatoms. The number of anilines is 2. The number of aromatic nitrogens is 3. The van der Waals surface area contributed by atoms with Crippen molar-refractivity contribution in [2.45, 2.75) is 13.8 Å². The molecule has 0 bridgehead atoms. The number of hydrogen-bond acceptors (Lipinski definition) is 5. The number of hydrogen-bond donors (Lipinski definition) is 1. The molecule has 0 saturated heterocycles. The summed E-state index contributed by atoms with van der Waals surface area (Å²) in [5, 5.41) is 3.88. The van der Waals surface area contributed by atoms with Gasteiger partial charge in [-0.05, 0) is 42.3 Å². The molecule has 0 radical (unpaired) electrons. The van der Waals surface area contributed by atoms with Gasteiger partial charge in [-0.25, -0.2) is 9.78 Å². The zero-order valence-electron chi connectivity index (χ0n) is 13.4. The molecular formula is C17H17BrN4O2. The molecule has 3 rings (SSSR count). The van der Waals surface area contributed by atoms with Gasteiger partial charge in [0.1, 0.15) is 12.4 Å². The predicted octanol–water partition coefficient (Wildman–Crippen LogP) is 3.38. The number of fused-ring (bicyclic) bond motifs is 1. The van der Waals surface area contributed by atoms with Gasteiger partial charge in [-0.2, -0.15) is 4.98 Å².